The number of anilines is 3. The van der Waals surface area contributed by atoms with E-state index in [9.17, 15) is 9.90 Å². The van der Waals surface area contributed by atoms with E-state index in [-0.39, 0.29) is 19.1 Å². The third-order valence-corrected chi connectivity index (χ3v) is 5.52. The SMILES string of the molecule is Cc1cnc(Nc2ccc(C(=O)Nc3cc(CO)ccc3CN)cc2)nc1Cc1ccccc1. The van der Waals surface area contributed by atoms with E-state index < -0.39 is 0 Å². The largest absolute Gasteiger partial charge is 0.392 e. The summed E-state index contributed by atoms with van der Waals surface area (Å²) in [6, 6.07) is 22.6. The summed E-state index contributed by atoms with van der Waals surface area (Å²) in [7, 11) is 0. The minimum absolute atomic E-state index is 0.109. The van der Waals surface area contributed by atoms with Crippen molar-refractivity contribution < 1.29 is 9.90 Å². The quantitative estimate of drug-likeness (QED) is 0.316. The van der Waals surface area contributed by atoms with Crippen molar-refractivity contribution in [2.45, 2.75) is 26.5 Å². The van der Waals surface area contributed by atoms with Crippen LogP contribution in [0.15, 0.2) is 79.0 Å². The number of aliphatic hydroxyl groups excluding tert-OH is 1. The third kappa shape index (κ3) is 5.64. The smallest absolute Gasteiger partial charge is 0.255 e. The fourth-order valence-electron chi connectivity index (χ4n) is 3.55. The molecule has 1 amide bonds. The van der Waals surface area contributed by atoms with Crippen molar-refractivity contribution in [3.8, 4) is 0 Å². The molecule has 0 spiro atoms. The summed E-state index contributed by atoms with van der Waals surface area (Å²) in [6.45, 7) is 2.18. The zero-order valence-corrected chi connectivity index (χ0v) is 19.0. The van der Waals surface area contributed by atoms with Gasteiger partial charge in [-0.05, 0) is 59.5 Å². The Morgan fingerprint density at radius 2 is 1.76 bits per heavy atom. The number of aliphatic hydroxyl groups is 1. The second kappa shape index (κ2) is 10.7. The molecule has 4 aromatic rings. The number of nitrogens with two attached hydrogens (primary N) is 1. The Hall–Kier alpha value is -4.07. The predicted octanol–water partition coefficient (Wildman–Crippen LogP) is 4.32. The van der Waals surface area contributed by atoms with Gasteiger partial charge in [0.15, 0.2) is 0 Å². The molecule has 0 aliphatic heterocycles. The van der Waals surface area contributed by atoms with Gasteiger partial charge in [0.1, 0.15) is 0 Å². The molecule has 0 radical (unpaired) electrons. The van der Waals surface area contributed by atoms with Crippen LogP contribution in [-0.2, 0) is 19.6 Å². The molecule has 4 rings (SSSR count). The summed E-state index contributed by atoms with van der Waals surface area (Å²) in [4.78, 5) is 21.8. The van der Waals surface area contributed by atoms with Crippen LogP contribution in [0.1, 0.15) is 38.3 Å². The van der Waals surface area contributed by atoms with Crippen molar-refractivity contribution in [3.05, 3.63) is 113 Å². The number of benzene rings is 3. The van der Waals surface area contributed by atoms with Crippen LogP contribution < -0.4 is 16.4 Å². The van der Waals surface area contributed by atoms with Gasteiger partial charge in [-0.1, -0.05) is 42.5 Å². The first-order valence-electron chi connectivity index (χ1n) is 11.0. The number of rotatable bonds is 8. The van der Waals surface area contributed by atoms with Gasteiger partial charge >= 0.3 is 0 Å². The van der Waals surface area contributed by atoms with E-state index in [0.29, 0.717) is 22.8 Å². The predicted molar refractivity (Wildman–Crippen MR) is 134 cm³/mol. The second-order valence-corrected chi connectivity index (χ2v) is 8.00. The number of hydrogen-bond acceptors (Lipinski definition) is 6. The third-order valence-electron chi connectivity index (χ3n) is 5.52. The summed E-state index contributed by atoms with van der Waals surface area (Å²) < 4.78 is 0. The van der Waals surface area contributed by atoms with Gasteiger partial charge in [0.2, 0.25) is 5.95 Å². The van der Waals surface area contributed by atoms with Gasteiger partial charge in [0.05, 0.1) is 12.3 Å². The highest BCUT2D eigenvalue weighted by Crippen LogP contribution is 2.21. The first-order chi connectivity index (χ1) is 16.6. The lowest BCUT2D eigenvalue weighted by Crippen LogP contribution is -2.14. The molecular formula is C27H27N5O2. The summed E-state index contributed by atoms with van der Waals surface area (Å²) >= 11 is 0. The Morgan fingerprint density at radius 1 is 1.00 bits per heavy atom. The van der Waals surface area contributed by atoms with Crippen molar-refractivity contribution in [3.63, 3.8) is 0 Å². The van der Waals surface area contributed by atoms with Gasteiger partial charge in [-0.2, -0.15) is 0 Å². The highest BCUT2D eigenvalue weighted by Gasteiger charge is 2.11. The number of nitrogens with one attached hydrogen (secondary N) is 2. The molecule has 1 heterocycles. The standard InChI is InChI=1S/C27H27N5O2/c1-18-16-29-27(32-24(18)13-19-5-3-2-4-6-19)30-23-11-9-21(10-12-23)26(34)31-25-14-20(17-33)7-8-22(25)15-28/h2-12,14,16,33H,13,15,17,28H2,1H3,(H,31,34)(H,29,30,32). The lowest BCUT2D eigenvalue weighted by Gasteiger charge is -2.12. The molecule has 0 saturated heterocycles. The number of aryl methyl sites for hydroxylation is 1. The number of carbonyl (C=O) groups excluding carboxylic acids is 1. The molecule has 0 aliphatic rings. The normalized spacial score (nSPS) is 10.7. The highest BCUT2D eigenvalue weighted by molar-refractivity contribution is 6.04. The van der Waals surface area contributed by atoms with E-state index in [4.69, 9.17) is 5.73 Å². The van der Waals surface area contributed by atoms with Crippen LogP contribution in [0, 0.1) is 6.92 Å². The summed E-state index contributed by atoms with van der Waals surface area (Å²) in [6.07, 6.45) is 2.54. The second-order valence-electron chi connectivity index (χ2n) is 8.00. The number of carbonyl (C=O) groups is 1. The number of aromatic nitrogens is 2. The Labute approximate surface area is 198 Å². The number of hydrogen-bond donors (Lipinski definition) is 4. The maximum absolute atomic E-state index is 12.7. The molecule has 0 bridgehead atoms. The zero-order valence-electron chi connectivity index (χ0n) is 19.0. The van der Waals surface area contributed by atoms with Crippen LogP contribution in [0.4, 0.5) is 17.3 Å². The lowest BCUT2D eigenvalue weighted by atomic mass is 10.1. The maximum atomic E-state index is 12.7. The molecule has 7 heteroatoms. The first kappa shape index (κ1) is 23.1. The zero-order chi connectivity index (χ0) is 23.9. The number of amides is 1. The van der Waals surface area contributed by atoms with Crippen molar-refractivity contribution in [2.75, 3.05) is 10.6 Å². The molecule has 7 nitrogen and oxygen atoms in total. The first-order valence-corrected chi connectivity index (χ1v) is 11.0. The minimum Gasteiger partial charge on any atom is -0.392 e. The van der Waals surface area contributed by atoms with Gasteiger partial charge in [0, 0.05) is 36.1 Å². The minimum atomic E-state index is -0.256. The molecule has 5 N–H and O–H groups in total. The van der Waals surface area contributed by atoms with Crippen molar-refractivity contribution in [1.82, 2.24) is 9.97 Å². The van der Waals surface area contributed by atoms with Crippen LogP contribution in [0.2, 0.25) is 0 Å². The molecular weight excluding hydrogens is 426 g/mol. The Morgan fingerprint density at radius 3 is 2.47 bits per heavy atom. The van der Waals surface area contributed by atoms with E-state index in [1.165, 1.54) is 5.56 Å². The lowest BCUT2D eigenvalue weighted by molar-refractivity contribution is 0.102. The van der Waals surface area contributed by atoms with Crippen LogP contribution >= 0.6 is 0 Å². The van der Waals surface area contributed by atoms with Gasteiger partial charge in [-0.15, -0.1) is 0 Å². The van der Waals surface area contributed by atoms with E-state index in [2.05, 4.69) is 32.7 Å². The van der Waals surface area contributed by atoms with Crippen LogP contribution in [-0.4, -0.2) is 21.0 Å². The molecule has 0 unspecified atom stereocenters. The molecule has 34 heavy (non-hydrogen) atoms. The van der Waals surface area contributed by atoms with Crippen LogP contribution in [0.25, 0.3) is 0 Å². The summed E-state index contributed by atoms with van der Waals surface area (Å²) in [5, 5.41) is 15.5. The van der Waals surface area contributed by atoms with E-state index >= 15 is 0 Å². The Balaban J connectivity index is 1.45. The van der Waals surface area contributed by atoms with Crippen molar-refractivity contribution in [1.29, 1.82) is 0 Å². The molecule has 0 fully saturated rings. The highest BCUT2D eigenvalue weighted by atomic mass is 16.3. The van der Waals surface area contributed by atoms with E-state index in [1.807, 2.05) is 49.5 Å². The maximum Gasteiger partial charge on any atom is 0.255 e. The summed E-state index contributed by atoms with van der Waals surface area (Å²) in [5.41, 5.74) is 12.3. The van der Waals surface area contributed by atoms with E-state index in [0.717, 1.165) is 28.9 Å². The molecule has 0 saturated carbocycles. The molecule has 3 aromatic carbocycles. The van der Waals surface area contributed by atoms with Crippen molar-refractivity contribution in [2.24, 2.45) is 5.73 Å². The van der Waals surface area contributed by atoms with Crippen molar-refractivity contribution >= 4 is 23.2 Å². The fourth-order valence-corrected chi connectivity index (χ4v) is 3.55. The van der Waals surface area contributed by atoms with E-state index in [1.54, 1.807) is 24.3 Å². The van der Waals surface area contributed by atoms with Crippen LogP contribution in [0.3, 0.4) is 0 Å². The number of nitrogens with zero attached hydrogens (tertiary/aromatic N) is 2. The Kier molecular flexibility index (Phi) is 7.27. The van der Waals surface area contributed by atoms with Gasteiger partial charge < -0.3 is 21.5 Å². The summed E-state index contributed by atoms with van der Waals surface area (Å²) in [5.74, 6) is 0.246. The monoisotopic (exact) mass is 453 g/mol. The molecule has 0 atom stereocenters. The topological polar surface area (TPSA) is 113 Å². The Bertz CT molecular complexity index is 1270. The van der Waals surface area contributed by atoms with Gasteiger partial charge in [-0.25, -0.2) is 9.97 Å². The average Bonchev–Trinajstić information content (AvgIpc) is 2.87. The molecule has 172 valence electrons. The fraction of sp³-hybridized carbons (Fsp3) is 0.148. The average molecular weight is 454 g/mol. The van der Waals surface area contributed by atoms with Gasteiger partial charge in [-0.3, -0.25) is 4.79 Å². The van der Waals surface area contributed by atoms with Gasteiger partial charge in [0.25, 0.3) is 5.91 Å². The molecule has 1 aromatic heterocycles. The van der Waals surface area contributed by atoms with Crippen LogP contribution in [0.5, 0.6) is 0 Å². The molecule has 0 aliphatic carbocycles.